The van der Waals surface area contributed by atoms with E-state index in [-0.39, 0.29) is 0 Å². The topological polar surface area (TPSA) is 41.1 Å². The maximum absolute atomic E-state index is 4.69. The lowest BCUT2D eigenvalue weighted by molar-refractivity contribution is 0.828. The third-order valence-electron chi connectivity index (χ3n) is 3.81. The van der Waals surface area contributed by atoms with Crippen molar-refractivity contribution < 1.29 is 0 Å². The van der Waals surface area contributed by atoms with Crippen LogP contribution < -0.4 is 10.2 Å². The van der Waals surface area contributed by atoms with Gasteiger partial charge in [-0.15, -0.1) is 0 Å². The van der Waals surface area contributed by atoms with E-state index in [1.54, 1.807) is 0 Å². The Balaban J connectivity index is 1.86. The molecular formula is C17H22N4. The first kappa shape index (κ1) is 13.9. The fourth-order valence-electron chi connectivity index (χ4n) is 2.70. The number of nitrogens with one attached hydrogen (secondary N) is 1. The molecule has 2 heterocycles. The Morgan fingerprint density at radius 2 is 2.10 bits per heavy atom. The van der Waals surface area contributed by atoms with E-state index in [4.69, 9.17) is 0 Å². The van der Waals surface area contributed by atoms with Crippen LogP contribution in [-0.2, 0) is 6.42 Å². The fraction of sp³-hybridized carbons (Fsp3) is 0.412. The Labute approximate surface area is 126 Å². The summed E-state index contributed by atoms with van der Waals surface area (Å²) < 4.78 is 0. The lowest BCUT2D eigenvalue weighted by atomic mass is 10.2. The molecule has 21 heavy (non-hydrogen) atoms. The molecule has 0 bridgehead atoms. The predicted molar refractivity (Wildman–Crippen MR) is 87.3 cm³/mol. The van der Waals surface area contributed by atoms with Crippen molar-refractivity contribution >= 4 is 17.5 Å². The monoisotopic (exact) mass is 282 g/mol. The maximum Gasteiger partial charge on any atom is 0.232 e. The normalized spacial score (nSPS) is 13.3. The number of hydrogen-bond acceptors (Lipinski definition) is 4. The van der Waals surface area contributed by atoms with Gasteiger partial charge in [-0.3, -0.25) is 0 Å². The van der Waals surface area contributed by atoms with E-state index in [0.717, 1.165) is 43.4 Å². The van der Waals surface area contributed by atoms with Crippen molar-refractivity contribution in [2.45, 2.75) is 33.1 Å². The minimum Gasteiger partial charge on any atom is -0.370 e. The van der Waals surface area contributed by atoms with E-state index in [2.05, 4.69) is 51.4 Å². The fourth-order valence-corrected chi connectivity index (χ4v) is 2.70. The number of hydrogen-bond donors (Lipinski definition) is 1. The molecule has 4 nitrogen and oxygen atoms in total. The summed E-state index contributed by atoms with van der Waals surface area (Å²) in [7, 11) is 0. The van der Waals surface area contributed by atoms with Gasteiger partial charge in [-0.2, -0.15) is 4.98 Å². The van der Waals surface area contributed by atoms with E-state index >= 15 is 0 Å². The second kappa shape index (κ2) is 6.12. The van der Waals surface area contributed by atoms with Gasteiger partial charge < -0.3 is 10.2 Å². The standard InChI is InChI=1S/C17H22N4/c1-3-4-10-18-16-12-13(2)19-17(20-16)21-11-9-14-7-5-6-8-15(14)21/h5-8,12H,3-4,9-11H2,1-2H3,(H,18,19,20). The molecule has 1 aliphatic rings. The molecule has 1 aromatic heterocycles. The smallest absolute Gasteiger partial charge is 0.232 e. The molecule has 0 saturated carbocycles. The summed E-state index contributed by atoms with van der Waals surface area (Å²) in [5.41, 5.74) is 3.62. The molecule has 110 valence electrons. The maximum atomic E-state index is 4.69. The van der Waals surface area contributed by atoms with E-state index in [1.165, 1.54) is 17.7 Å². The molecule has 0 fully saturated rings. The number of anilines is 3. The first-order valence-electron chi connectivity index (χ1n) is 7.73. The summed E-state index contributed by atoms with van der Waals surface area (Å²) in [5.74, 6) is 1.73. The first-order valence-corrected chi connectivity index (χ1v) is 7.73. The number of aryl methyl sites for hydroxylation is 1. The zero-order valence-corrected chi connectivity index (χ0v) is 12.8. The Morgan fingerprint density at radius 3 is 2.95 bits per heavy atom. The highest BCUT2D eigenvalue weighted by atomic mass is 15.3. The second-order valence-electron chi connectivity index (χ2n) is 5.51. The van der Waals surface area contributed by atoms with Gasteiger partial charge in [0.15, 0.2) is 0 Å². The van der Waals surface area contributed by atoms with Crippen molar-refractivity contribution in [1.29, 1.82) is 0 Å². The van der Waals surface area contributed by atoms with Crippen molar-refractivity contribution in [3.05, 3.63) is 41.6 Å². The molecule has 1 aliphatic heterocycles. The van der Waals surface area contributed by atoms with Gasteiger partial charge in [0.1, 0.15) is 5.82 Å². The van der Waals surface area contributed by atoms with Gasteiger partial charge in [0.25, 0.3) is 0 Å². The SMILES string of the molecule is CCCCNc1cc(C)nc(N2CCc3ccccc32)n1. The summed E-state index contributed by atoms with van der Waals surface area (Å²) in [5, 5.41) is 3.40. The summed E-state index contributed by atoms with van der Waals surface area (Å²) in [6.07, 6.45) is 3.40. The summed E-state index contributed by atoms with van der Waals surface area (Å²) in [4.78, 5) is 11.5. The van der Waals surface area contributed by atoms with Crippen LogP contribution in [0.3, 0.4) is 0 Å². The van der Waals surface area contributed by atoms with Crippen LogP contribution >= 0.6 is 0 Å². The van der Waals surface area contributed by atoms with Gasteiger partial charge in [-0.05, 0) is 31.4 Å². The summed E-state index contributed by atoms with van der Waals surface area (Å²) >= 11 is 0. The Kier molecular flexibility index (Phi) is 4.04. The van der Waals surface area contributed by atoms with Crippen LogP contribution in [0.15, 0.2) is 30.3 Å². The van der Waals surface area contributed by atoms with Crippen molar-refractivity contribution in [3.63, 3.8) is 0 Å². The van der Waals surface area contributed by atoms with Gasteiger partial charge in [0.2, 0.25) is 5.95 Å². The minimum absolute atomic E-state index is 0.805. The van der Waals surface area contributed by atoms with E-state index in [0.29, 0.717) is 0 Å². The molecule has 0 radical (unpaired) electrons. The highest BCUT2D eigenvalue weighted by molar-refractivity contribution is 5.66. The largest absolute Gasteiger partial charge is 0.370 e. The average Bonchev–Trinajstić information content (AvgIpc) is 2.91. The Hall–Kier alpha value is -2.10. The number of aromatic nitrogens is 2. The summed E-state index contributed by atoms with van der Waals surface area (Å²) in [6, 6.07) is 10.5. The van der Waals surface area contributed by atoms with E-state index in [9.17, 15) is 0 Å². The number of benzene rings is 1. The van der Waals surface area contributed by atoms with Crippen LogP contribution in [0.1, 0.15) is 31.0 Å². The molecule has 0 atom stereocenters. The van der Waals surface area contributed by atoms with Gasteiger partial charge in [-0.25, -0.2) is 4.98 Å². The third kappa shape index (κ3) is 2.99. The molecule has 1 aromatic carbocycles. The van der Waals surface area contributed by atoms with Crippen molar-refractivity contribution in [3.8, 4) is 0 Å². The Bertz CT molecular complexity index is 624. The zero-order chi connectivity index (χ0) is 14.7. The molecule has 1 N–H and O–H groups in total. The molecule has 0 saturated heterocycles. The van der Waals surface area contributed by atoms with Gasteiger partial charge >= 0.3 is 0 Å². The number of unbranched alkanes of at least 4 members (excludes halogenated alkanes) is 1. The second-order valence-corrected chi connectivity index (χ2v) is 5.51. The van der Waals surface area contributed by atoms with E-state index in [1.807, 2.05) is 13.0 Å². The van der Waals surface area contributed by atoms with Gasteiger partial charge in [-0.1, -0.05) is 31.5 Å². The van der Waals surface area contributed by atoms with E-state index < -0.39 is 0 Å². The molecular weight excluding hydrogens is 260 g/mol. The quantitative estimate of drug-likeness (QED) is 0.849. The minimum atomic E-state index is 0.805. The number of para-hydroxylation sites is 1. The van der Waals surface area contributed by atoms with Crippen LogP contribution in [0.4, 0.5) is 17.5 Å². The lowest BCUT2D eigenvalue weighted by Gasteiger charge is -2.18. The Morgan fingerprint density at radius 1 is 1.24 bits per heavy atom. The highest BCUT2D eigenvalue weighted by Crippen LogP contribution is 2.32. The molecule has 2 aromatic rings. The van der Waals surface area contributed by atoms with Crippen LogP contribution in [0.5, 0.6) is 0 Å². The van der Waals surface area contributed by atoms with Crippen LogP contribution in [0.25, 0.3) is 0 Å². The van der Waals surface area contributed by atoms with Crippen molar-refractivity contribution in [2.75, 3.05) is 23.3 Å². The first-order chi connectivity index (χ1) is 10.3. The molecule has 0 spiro atoms. The van der Waals surface area contributed by atoms with Crippen LogP contribution in [0, 0.1) is 6.92 Å². The molecule has 4 heteroatoms. The number of nitrogens with zero attached hydrogens (tertiary/aromatic N) is 3. The lowest BCUT2D eigenvalue weighted by Crippen LogP contribution is -2.18. The van der Waals surface area contributed by atoms with Gasteiger partial charge in [0, 0.05) is 30.5 Å². The molecule has 0 amide bonds. The van der Waals surface area contributed by atoms with Gasteiger partial charge in [0.05, 0.1) is 0 Å². The molecule has 0 aliphatic carbocycles. The average molecular weight is 282 g/mol. The third-order valence-corrected chi connectivity index (χ3v) is 3.81. The number of rotatable bonds is 5. The molecule has 0 unspecified atom stereocenters. The number of fused-ring (bicyclic) bond motifs is 1. The summed E-state index contributed by atoms with van der Waals surface area (Å²) in [6.45, 7) is 6.14. The highest BCUT2D eigenvalue weighted by Gasteiger charge is 2.22. The van der Waals surface area contributed by atoms with Crippen LogP contribution in [-0.4, -0.2) is 23.1 Å². The van der Waals surface area contributed by atoms with Crippen molar-refractivity contribution in [2.24, 2.45) is 0 Å². The molecule has 3 rings (SSSR count). The predicted octanol–water partition coefficient (Wildman–Crippen LogP) is 3.69. The van der Waals surface area contributed by atoms with Crippen LogP contribution in [0.2, 0.25) is 0 Å². The van der Waals surface area contributed by atoms with Crippen molar-refractivity contribution in [1.82, 2.24) is 9.97 Å². The zero-order valence-electron chi connectivity index (χ0n) is 12.8.